The first-order valence-electron chi connectivity index (χ1n) is 13.5. The average Bonchev–Trinajstić information content (AvgIpc) is 3.08. The summed E-state index contributed by atoms with van der Waals surface area (Å²) < 4.78 is 11.9. The third-order valence-electron chi connectivity index (χ3n) is 6.58. The second-order valence-corrected chi connectivity index (χ2v) is 10.0. The first kappa shape index (κ1) is 29.2. The molecule has 0 aromatic rings. The van der Waals surface area contributed by atoms with E-state index in [0.29, 0.717) is 0 Å². The number of ether oxygens (including phenoxy) is 2. The van der Waals surface area contributed by atoms with Crippen LogP contribution in [0, 0.1) is 0 Å². The van der Waals surface area contributed by atoms with E-state index in [1.807, 2.05) is 13.8 Å². The number of unbranched alkanes of at least 4 members (excludes halogenated alkanes) is 16. The largest absolute Gasteiger partial charge is 0.396 e. The summed E-state index contributed by atoms with van der Waals surface area (Å²) in [5.41, 5.74) is 8.73. The normalized spacial score (nSPS) is 20.9. The highest BCUT2D eigenvalue weighted by molar-refractivity contribution is 4.90. The lowest BCUT2D eigenvalue weighted by Gasteiger charge is -2.21. The Bertz CT molecular complexity index is 495. The van der Waals surface area contributed by atoms with Crippen LogP contribution in [-0.4, -0.2) is 35.8 Å². The molecular formula is C26H51N3O3. The molecule has 1 fully saturated rings. The van der Waals surface area contributed by atoms with Crippen LogP contribution in [0.5, 0.6) is 0 Å². The van der Waals surface area contributed by atoms with Gasteiger partial charge in [-0.3, -0.25) is 0 Å². The first-order chi connectivity index (χ1) is 15.5. The predicted molar refractivity (Wildman–Crippen MR) is 133 cm³/mol. The van der Waals surface area contributed by atoms with E-state index in [9.17, 15) is 5.11 Å². The summed E-state index contributed by atoms with van der Waals surface area (Å²) >= 11 is 0. The standard InChI is InChI=1S/C26H51N3O3/c1-4-5-6-7-8-9-10-11-12-13-14-15-16-17-18-19-20-21-24-25(23(22-30)28-29-27)32-26(2,3)31-24/h23-25,30H,4-22H2,1-3H3/t23-,24+,25-/m0/s1. The van der Waals surface area contributed by atoms with Crippen LogP contribution in [0.2, 0.25) is 0 Å². The van der Waals surface area contributed by atoms with Crippen LogP contribution in [-0.2, 0) is 9.47 Å². The number of aliphatic hydroxyl groups is 1. The van der Waals surface area contributed by atoms with Crippen molar-refractivity contribution in [3.05, 3.63) is 10.4 Å². The van der Waals surface area contributed by atoms with Crippen LogP contribution in [0.1, 0.15) is 136 Å². The van der Waals surface area contributed by atoms with Crippen LogP contribution < -0.4 is 0 Å². The first-order valence-corrected chi connectivity index (χ1v) is 13.5. The minimum Gasteiger partial charge on any atom is -0.396 e. The van der Waals surface area contributed by atoms with Crippen molar-refractivity contribution in [2.45, 2.75) is 160 Å². The minimum absolute atomic E-state index is 0.121. The lowest BCUT2D eigenvalue weighted by Crippen LogP contribution is -2.36. The van der Waals surface area contributed by atoms with E-state index >= 15 is 0 Å². The van der Waals surface area contributed by atoms with Crippen LogP contribution in [0.4, 0.5) is 0 Å². The number of aliphatic hydroxyl groups excluding tert-OH is 1. The molecule has 0 aliphatic carbocycles. The maximum Gasteiger partial charge on any atom is 0.163 e. The lowest BCUT2D eigenvalue weighted by atomic mass is 10.00. The zero-order chi connectivity index (χ0) is 23.5. The van der Waals surface area contributed by atoms with Gasteiger partial charge in [-0.05, 0) is 25.8 Å². The average molecular weight is 454 g/mol. The maximum absolute atomic E-state index is 9.53. The van der Waals surface area contributed by atoms with Gasteiger partial charge in [0.05, 0.1) is 24.9 Å². The Morgan fingerprint density at radius 1 is 0.781 bits per heavy atom. The second kappa shape index (κ2) is 18.6. The van der Waals surface area contributed by atoms with Gasteiger partial charge in [0.2, 0.25) is 0 Å². The van der Waals surface area contributed by atoms with Crippen molar-refractivity contribution in [3.63, 3.8) is 0 Å². The van der Waals surface area contributed by atoms with Gasteiger partial charge in [-0.15, -0.1) is 0 Å². The minimum atomic E-state index is -0.692. The highest BCUT2D eigenvalue weighted by atomic mass is 16.8. The monoisotopic (exact) mass is 453 g/mol. The SMILES string of the molecule is CCCCCCCCCCCCCCCCCCC[C@H]1OC(C)(C)O[C@H]1[C@H](CO)N=[N+]=[N-]. The Morgan fingerprint density at radius 3 is 1.62 bits per heavy atom. The fourth-order valence-electron chi connectivity index (χ4n) is 4.76. The number of azide groups is 1. The predicted octanol–water partition coefficient (Wildman–Crippen LogP) is 8.22. The van der Waals surface area contributed by atoms with Crippen LogP contribution in [0.15, 0.2) is 5.11 Å². The van der Waals surface area contributed by atoms with Crippen molar-refractivity contribution in [3.8, 4) is 0 Å². The maximum atomic E-state index is 9.53. The van der Waals surface area contributed by atoms with Crippen molar-refractivity contribution >= 4 is 0 Å². The number of nitrogens with zero attached hydrogens (tertiary/aromatic N) is 3. The Morgan fingerprint density at radius 2 is 1.22 bits per heavy atom. The van der Waals surface area contributed by atoms with Gasteiger partial charge < -0.3 is 14.6 Å². The van der Waals surface area contributed by atoms with E-state index in [-0.39, 0.29) is 18.8 Å². The summed E-state index contributed by atoms with van der Waals surface area (Å²) in [5, 5.41) is 13.2. The Hall–Kier alpha value is -0.810. The summed E-state index contributed by atoms with van der Waals surface area (Å²) in [5.74, 6) is -0.692. The van der Waals surface area contributed by atoms with Crippen molar-refractivity contribution in [2.24, 2.45) is 5.11 Å². The highest BCUT2D eigenvalue weighted by Crippen LogP contribution is 2.33. The zero-order valence-corrected chi connectivity index (χ0v) is 21.3. The van der Waals surface area contributed by atoms with E-state index in [1.165, 1.54) is 103 Å². The molecule has 6 heteroatoms. The van der Waals surface area contributed by atoms with Crippen molar-refractivity contribution in [1.29, 1.82) is 0 Å². The van der Waals surface area contributed by atoms with E-state index in [1.54, 1.807) is 0 Å². The fourth-order valence-corrected chi connectivity index (χ4v) is 4.76. The molecule has 32 heavy (non-hydrogen) atoms. The van der Waals surface area contributed by atoms with Crippen molar-refractivity contribution in [2.75, 3.05) is 6.61 Å². The van der Waals surface area contributed by atoms with E-state index in [2.05, 4.69) is 16.9 Å². The van der Waals surface area contributed by atoms with Gasteiger partial charge >= 0.3 is 0 Å². The molecule has 0 spiro atoms. The smallest absolute Gasteiger partial charge is 0.163 e. The molecule has 1 rings (SSSR count). The molecular weight excluding hydrogens is 402 g/mol. The summed E-state index contributed by atoms with van der Waals surface area (Å²) in [6.07, 6.45) is 23.5. The molecule has 1 heterocycles. The van der Waals surface area contributed by atoms with Crippen molar-refractivity contribution in [1.82, 2.24) is 0 Å². The molecule has 1 saturated heterocycles. The molecule has 0 amide bonds. The van der Waals surface area contributed by atoms with Crippen LogP contribution in [0.25, 0.3) is 10.4 Å². The van der Waals surface area contributed by atoms with Crippen LogP contribution in [0.3, 0.4) is 0 Å². The number of hydrogen-bond acceptors (Lipinski definition) is 4. The number of rotatable bonds is 21. The quantitative estimate of drug-likeness (QED) is 0.0821. The summed E-state index contributed by atoms with van der Waals surface area (Å²) in [6, 6.07) is -0.586. The summed E-state index contributed by atoms with van der Waals surface area (Å²) in [6.45, 7) is 5.81. The lowest BCUT2D eigenvalue weighted by molar-refractivity contribution is -0.148. The van der Waals surface area contributed by atoms with Gasteiger partial charge in [0.25, 0.3) is 0 Å². The molecule has 0 aromatic carbocycles. The highest BCUT2D eigenvalue weighted by Gasteiger charge is 2.44. The molecule has 0 radical (unpaired) electrons. The van der Waals surface area contributed by atoms with E-state index in [4.69, 9.17) is 15.0 Å². The fraction of sp³-hybridized carbons (Fsp3) is 1.00. The second-order valence-electron chi connectivity index (χ2n) is 10.0. The topological polar surface area (TPSA) is 87.5 Å². The molecule has 0 aromatic heterocycles. The van der Waals surface area contributed by atoms with E-state index in [0.717, 1.165) is 12.8 Å². The molecule has 0 saturated carbocycles. The summed E-state index contributed by atoms with van der Waals surface area (Å²) in [4.78, 5) is 2.85. The molecule has 1 aliphatic heterocycles. The Balaban J connectivity index is 1.96. The molecule has 6 nitrogen and oxygen atoms in total. The third-order valence-corrected chi connectivity index (χ3v) is 6.58. The molecule has 0 bridgehead atoms. The molecule has 0 unspecified atom stereocenters. The molecule has 1 aliphatic rings. The molecule has 3 atom stereocenters. The van der Waals surface area contributed by atoms with Gasteiger partial charge in [0, 0.05) is 4.91 Å². The van der Waals surface area contributed by atoms with Gasteiger partial charge in [-0.2, -0.15) is 0 Å². The third kappa shape index (κ3) is 13.7. The molecule has 1 N–H and O–H groups in total. The zero-order valence-electron chi connectivity index (χ0n) is 21.3. The van der Waals surface area contributed by atoms with Crippen LogP contribution >= 0.6 is 0 Å². The van der Waals surface area contributed by atoms with Gasteiger partial charge in [0.1, 0.15) is 0 Å². The Kier molecular flexibility index (Phi) is 17.0. The summed E-state index contributed by atoms with van der Waals surface area (Å²) in [7, 11) is 0. The Labute approximate surface area is 197 Å². The van der Waals surface area contributed by atoms with Gasteiger partial charge in [0.15, 0.2) is 5.79 Å². The number of hydrogen-bond donors (Lipinski definition) is 1. The molecule has 188 valence electrons. The van der Waals surface area contributed by atoms with E-state index < -0.39 is 11.8 Å². The van der Waals surface area contributed by atoms with Gasteiger partial charge in [-0.25, -0.2) is 0 Å². The van der Waals surface area contributed by atoms with Crippen molar-refractivity contribution < 1.29 is 14.6 Å². The van der Waals surface area contributed by atoms with Gasteiger partial charge in [-0.1, -0.05) is 121 Å².